The predicted octanol–water partition coefficient (Wildman–Crippen LogP) is 4.20. The molecule has 0 saturated carbocycles. The van der Waals surface area contributed by atoms with Crippen molar-refractivity contribution in [1.82, 2.24) is 14.1 Å². The van der Waals surface area contributed by atoms with Gasteiger partial charge in [0, 0.05) is 31.5 Å². The van der Waals surface area contributed by atoms with Crippen molar-refractivity contribution in [2.24, 2.45) is 0 Å². The first-order chi connectivity index (χ1) is 14.3. The molecule has 0 amide bonds. The molecule has 0 unspecified atom stereocenters. The molecule has 0 fully saturated rings. The maximum atomic E-state index is 8.99. The Labute approximate surface area is 170 Å². The number of aromatic nitrogens is 3. The smallest absolute Gasteiger partial charge is 0.146 e. The number of hydrogen-bond donors (Lipinski definition) is 2. The molecule has 0 aliphatic rings. The third-order valence-corrected chi connectivity index (χ3v) is 5.23. The van der Waals surface area contributed by atoms with Crippen molar-refractivity contribution in [3.8, 4) is 11.1 Å². The van der Waals surface area contributed by atoms with Crippen LogP contribution >= 0.6 is 0 Å². The predicted molar refractivity (Wildman–Crippen MR) is 115 cm³/mol. The van der Waals surface area contributed by atoms with Gasteiger partial charge in [-0.3, -0.25) is 5.41 Å². The number of fused-ring (bicyclic) bond motifs is 1. The average molecular weight is 386 g/mol. The fourth-order valence-corrected chi connectivity index (χ4v) is 3.72. The first-order valence-corrected chi connectivity index (χ1v) is 10.1. The minimum atomic E-state index is 0.218. The highest BCUT2D eigenvalue weighted by Gasteiger charge is 2.15. The van der Waals surface area contributed by atoms with Gasteiger partial charge >= 0.3 is 0 Å². The summed E-state index contributed by atoms with van der Waals surface area (Å²) < 4.78 is 4.06. The van der Waals surface area contributed by atoms with Gasteiger partial charge in [-0.15, -0.1) is 0 Å². The normalized spacial score (nSPS) is 11.2. The van der Waals surface area contributed by atoms with E-state index in [0.29, 0.717) is 5.49 Å². The average Bonchev–Trinajstić information content (AvgIpc) is 3.13. The van der Waals surface area contributed by atoms with Crippen molar-refractivity contribution in [1.29, 1.82) is 5.41 Å². The second-order valence-electron chi connectivity index (χ2n) is 7.29. The van der Waals surface area contributed by atoms with E-state index in [9.17, 15) is 0 Å². The van der Waals surface area contributed by atoms with Gasteiger partial charge in [0.2, 0.25) is 0 Å². The van der Waals surface area contributed by atoms with Gasteiger partial charge in [-0.2, -0.15) is 0 Å². The summed E-state index contributed by atoms with van der Waals surface area (Å²) in [5.74, 6) is 0. The molecule has 148 valence electrons. The zero-order chi connectivity index (χ0) is 20.1. The fraction of sp³-hybridized carbons (Fsp3) is 0.250. The molecule has 0 saturated heterocycles. The number of benzene rings is 2. The van der Waals surface area contributed by atoms with Gasteiger partial charge in [-0.25, -0.2) is 4.98 Å². The molecule has 0 bridgehead atoms. The fourth-order valence-electron chi connectivity index (χ4n) is 3.72. The summed E-state index contributed by atoms with van der Waals surface area (Å²) in [7, 11) is 0. The van der Waals surface area contributed by atoms with E-state index in [4.69, 9.17) is 15.5 Å². The molecule has 5 nitrogen and oxygen atoms in total. The van der Waals surface area contributed by atoms with E-state index in [2.05, 4.69) is 35.0 Å². The van der Waals surface area contributed by atoms with Crippen LogP contribution in [0.4, 0.5) is 0 Å². The number of aliphatic hydroxyl groups excluding tert-OH is 1. The molecule has 2 aromatic heterocycles. The molecule has 0 aliphatic carbocycles. The molecule has 29 heavy (non-hydrogen) atoms. The van der Waals surface area contributed by atoms with Gasteiger partial charge in [-0.05, 0) is 30.4 Å². The van der Waals surface area contributed by atoms with Crippen LogP contribution in [0.25, 0.3) is 22.2 Å². The summed E-state index contributed by atoms with van der Waals surface area (Å²) in [5.41, 5.74) is 4.67. The van der Waals surface area contributed by atoms with Gasteiger partial charge < -0.3 is 14.2 Å². The van der Waals surface area contributed by atoms with E-state index in [1.165, 1.54) is 5.56 Å². The Morgan fingerprint density at radius 2 is 1.59 bits per heavy atom. The van der Waals surface area contributed by atoms with Crippen LogP contribution in [-0.4, -0.2) is 25.8 Å². The van der Waals surface area contributed by atoms with Crippen molar-refractivity contribution in [2.45, 2.75) is 32.4 Å². The lowest BCUT2D eigenvalue weighted by Crippen LogP contribution is -2.21. The highest BCUT2D eigenvalue weighted by molar-refractivity contribution is 5.93. The molecule has 0 atom stereocenters. The van der Waals surface area contributed by atoms with Crippen LogP contribution in [-0.2, 0) is 13.1 Å². The largest absolute Gasteiger partial charge is 0.396 e. The third kappa shape index (κ3) is 4.15. The molecule has 2 N–H and O–H groups in total. The summed E-state index contributed by atoms with van der Waals surface area (Å²) in [6.45, 7) is 1.67. The van der Waals surface area contributed by atoms with Gasteiger partial charge in [0.1, 0.15) is 11.1 Å². The number of aliphatic hydroxyl groups is 1. The molecular weight excluding hydrogens is 360 g/mol. The van der Waals surface area contributed by atoms with Crippen LogP contribution in [0, 0.1) is 5.41 Å². The molecule has 0 aliphatic heterocycles. The highest BCUT2D eigenvalue weighted by Crippen LogP contribution is 2.28. The SMILES string of the molecule is N=c1c2c(-c3ccccc3)cn(Cc3ccccc3)c2ncn1CCCCCO. The van der Waals surface area contributed by atoms with Gasteiger partial charge in [0.15, 0.2) is 0 Å². The molecule has 2 aromatic carbocycles. The summed E-state index contributed by atoms with van der Waals surface area (Å²) in [5, 5.41) is 18.7. The van der Waals surface area contributed by atoms with Crippen LogP contribution in [0.2, 0.25) is 0 Å². The highest BCUT2D eigenvalue weighted by atomic mass is 16.2. The lowest BCUT2D eigenvalue weighted by atomic mass is 10.1. The van der Waals surface area contributed by atoms with Crippen LogP contribution < -0.4 is 5.49 Å². The van der Waals surface area contributed by atoms with Crippen LogP contribution in [0.15, 0.2) is 73.2 Å². The van der Waals surface area contributed by atoms with Gasteiger partial charge in [0.25, 0.3) is 0 Å². The Morgan fingerprint density at radius 1 is 0.862 bits per heavy atom. The quantitative estimate of drug-likeness (QED) is 0.446. The Bertz CT molecular complexity index is 1130. The summed E-state index contributed by atoms with van der Waals surface area (Å²) in [4.78, 5) is 4.74. The second-order valence-corrected chi connectivity index (χ2v) is 7.29. The summed E-state index contributed by atoms with van der Waals surface area (Å²) in [6.07, 6.45) is 6.57. The Hall–Kier alpha value is -3.18. The number of rotatable bonds is 8. The molecule has 4 aromatic rings. The number of nitrogens with one attached hydrogen (secondary N) is 1. The Kier molecular flexibility index (Phi) is 5.86. The van der Waals surface area contributed by atoms with Gasteiger partial charge in [-0.1, -0.05) is 60.7 Å². The standard InChI is InChI=1S/C24H26N4O/c25-23-22-21(20-12-6-2-7-13-20)17-28(16-19-10-4-1-5-11-19)24(22)26-18-27(23)14-8-3-9-15-29/h1-2,4-7,10-13,17-18,25,29H,3,8-9,14-16H2. The maximum Gasteiger partial charge on any atom is 0.146 e. The lowest BCUT2D eigenvalue weighted by molar-refractivity contribution is 0.281. The van der Waals surface area contributed by atoms with Crippen molar-refractivity contribution >= 4 is 11.0 Å². The van der Waals surface area contributed by atoms with Crippen molar-refractivity contribution in [2.75, 3.05) is 6.61 Å². The summed E-state index contributed by atoms with van der Waals surface area (Å²) in [6, 6.07) is 20.6. The molecular formula is C24H26N4O. The molecule has 0 spiro atoms. The van der Waals surface area contributed by atoms with Crippen LogP contribution in [0.5, 0.6) is 0 Å². The lowest BCUT2D eigenvalue weighted by Gasteiger charge is -2.09. The molecule has 2 heterocycles. The van der Waals surface area contributed by atoms with E-state index in [1.54, 1.807) is 6.33 Å². The van der Waals surface area contributed by atoms with Crippen LogP contribution in [0.3, 0.4) is 0 Å². The topological polar surface area (TPSA) is 66.8 Å². The minimum Gasteiger partial charge on any atom is -0.396 e. The summed E-state index contributed by atoms with van der Waals surface area (Å²) >= 11 is 0. The molecule has 4 rings (SSSR count). The molecule has 5 heteroatoms. The first kappa shape index (κ1) is 19.2. The van der Waals surface area contributed by atoms with Crippen molar-refractivity contribution in [3.63, 3.8) is 0 Å². The number of hydrogen-bond acceptors (Lipinski definition) is 3. The Morgan fingerprint density at radius 3 is 2.31 bits per heavy atom. The van der Waals surface area contributed by atoms with Gasteiger partial charge in [0.05, 0.1) is 11.7 Å². The van der Waals surface area contributed by atoms with E-state index in [0.717, 1.165) is 54.5 Å². The van der Waals surface area contributed by atoms with Crippen molar-refractivity contribution < 1.29 is 5.11 Å². The number of nitrogens with zero attached hydrogens (tertiary/aromatic N) is 3. The van der Waals surface area contributed by atoms with Crippen LogP contribution in [0.1, 0.15) is 24.8 Å². The van der Waals surface area contributed by atoms with E-state index in [1.807, 2.05) is 41.0 Å². The minimum absolute atomic E-state index is 0.218. The zero-order valence-electron chi connectivity index (χ0n) is 16.5. The van der Waals surface area contributed by atoms with E-state index in [-0.39, 0.29) is 6.61 Å². The van der Waals surface area contributed by atoms with E-state index < -0.39 is 0 Å². The maximum absolute atomic E-state index is 8.99. The monoisotopic (exact) mass is 386 g/mol. The number of unbranched alkanes of at least 4 members (excludes halogenated alkanes) is 2. The first-order valence-electron chi connectivity index (χ1n) is 10.1. The third-order valence-electron chi connectivity index (χ3n) is 5.23. The second kappa shape index (κ2) is 8.88. The molecule has 0 radical (unpaired) electrons. The number of aryl methyl sites for hydroxylation is 1. The Balaban J connectivity index is 1.79. The van der Waals surface area contributed by atoms with E-state index >= 15 is 0 Å². The zero-order valence-corrected chi connectivity index (χ0v) is 16.5. The van der Waals surface area contributed by atoms with Crippen molar-refractivity contribution in [3.05, 3.63) is 84.2 Å².